The van der Waals surface area contributed by atoms with Crippen molar-refractivity contribution in [2.24, 2.45) is 0 Å². The highest BCUT2D eigenvalue weighted by atomic mass is 127. The second kappa shape index (κ2) is 8.11. The molecule has 0 bridgehead atoms. The summed E-state index contributed by atoms with van der Waals surface area (Å²) in [5.74, 6) is 0.328. The van der Waals surface area contributed by atoms with Gasteiger partial charge in [-0.05, 0) is 77.3 Å². The fraction of sp³-hybridized carbons (Fsp3) is 0.125. The van der Waals surface area contributed by atoms with E-state index in [1.807, 2.05) is 0 Å². The minimum absolute atomic E-state index is 0.114. The molecule has 0 saturated carbocycles. The van der Waals surface area contributed by atoms with E-state index < -0.39 is 9.84 Å². The smallest absolute Gasteiger partial charge is 0.257 e. The predicted octanol–water partition coefficient (Wildman–Crippen LogP) is 2.83. The van der Waals surface area contributed by atoms with Crippen molar-refractivity contribution in [1.29, 1.82) is 0 Å². The van der Waals surface area contributed by atoms with Crippen molar-refractivity contribution in [3.8, 4) is 5.75 Å². The molecule has 0 fully saturated rings. The van der Waals surface area contributed by atoms with Gasteiger partial charge in [0.2, 0.25) is 0 Å². The van der Waals surface area contributed by atoms with Crippen molar-refractivity contribution >= 4 is 61.4 Å². The van der Waals surface area contributed by atoms with Gasteiger partial charge in [0, 0.05) is 17.5 Å². The van der Waals surface area contributed by atoms with Crippen LogP contribution in [0.5, 0.6) is 5.75 Å². The van der Waals surface area contributed by atoms with Crippen molar-refractivity contribution in [2.45, 2.75) is 4.90 Å². The number of hydrogen-bond acceptors (Lipinski definition) is 5. The molecular weight excluding hydrogens is 475 g/mol. The Morgan fingerprint density at radius 3 is 2.32 bits per heavy atom. The summed E-state index contributed by atoms with van der Waals surface area (Å²) in [6.45, 7) is 0. The van der Waals surface area contributed by atoms with E-state index >= 15 is 0 Å². The zero-order valence-corrected chi connectivity index (χ0v) is 17.2. The van der Waals surface area contributed by atoms with Crippen LogP contribution >= 0.6 is 34.8 Å². The molecule has 0 heterocycles. The van der Waals surface area contributed by atoms with Gasteiger partial charge in [0.25, 0.3) is 5.91 Å². The van der Waals surface area contributed by atoms with Crippen LogP contribution in [0.2, 0.25) is 0 Å². The number of thiocarbonyl (C=S) groups is 1. The first kappa shape index (κ1) is 19.6. The number of carbonyl (C=O) groups excluding carboxylic acids is 1. The lowest BCUT2D eigenvalue weighted by molar-refractivity contribution is 0.0977. The Kier molecular flexibility index (Phi) is 6.36. The number of carbonyl (C=O) groups is 1. The van der Waals surface area contributed by atoms with Gasteiger partial charge in [-0.3, -0.25) is 10.1 Å². The molecule has 0 aliphatic carbocycles. The normalized spacial score (nSPS) is 10.8. The van der Waals surface area contributed by atoms with Gasteiger partial charge in [0.15, 0.2) is 14.9 Å². The first-order chi connectivity index (χ1) is 11.7. The fourth-order valence-electron chi connectivity index (χ4n) is 1.93. The minimum atomic E-state index is -3.25. The molecule has 2 aromatic carbocycles. The van der Waals surface area contributed by atoms with E-state index in [1.54, 1.807) is 37.4 Å². The Hall–Kier alpha value is -1.72. The molecule has 0 saturated heterocycles. The van der Waals surface area contributed by atoms with E-state index in [1.165, 1.54) is 12.1 Å². The Morgan fingerprint density at radius 1 is 1.16 bits per heavy atom. The van der Waals surface area contributed by atoms with Crippen molar-refractivity contribution in [3.05, 3.63) is 51.6 Å². The largest absolute Gasteiger partial charge is 0.496 e. The van der Waals surface area contributed by atoms with Gasteiger partial charge >= 0.3 is 0 Å². The van der Waals surface area contributed by atoms with E-state index in [2.05, 4.69) is 33.2 Å². The molecule has 0 unspecified atom stereocenters. The Labute approximate surface area is 165 Å². The predicted molar refractivity (Wildman–Crippen MR) is 109 cm³/mol. The lowest BCUT2D eigenvalue weighted by Gasteiger charge is -2.11. The molecule has 25 heavy (non-hydrogen) atoms. The molecule has 132 valence electrons. The first-order valence-corrected chi connectivity index (χ1v) is 10.3. The Morgan fingerprint density at radius 2 is 1.80 bits per heavy atom. The third kappa shape index (κ3) is 5.38. The third-order valence-electron chi connectivity index (χ3n) is 3.18. The standard InChI is InChI=1S/C16H15IN2O4S2/c1-23-14-8-3-10(9-13(14)17)15(20)19-16(24)18-11-4-6-12(7-5-11)25(2,21)22/h3-9H,1-2H3,(H2,18,19,20,24). The molecule has 0 spiro atoms. The van der Waals surface area contributed by atoms with Crippen LogP contribution in [0, 0.1) is 3.57 Å². The molecule has 9 heteroatoms. The topological polar surface area (TPSA) is 84.5 Å². The number of nitrogens with one attached hydrogen (secondary N) is 2. The number of hydrogen-bond donors (Lipinski definition) is 2. The van der Waals surface area contributed by atoms with Crippen molar-refractivity contribution in [3.63, 3.8) is 0 Å². The molecule has 1 amide bonds. The van der Waals surface area contributed by atoms with Crippen LogP contribution in [0.15, 0.2) is 47.4 Å². The minimum Gasteiger partial charge on any atom is -0.496 e. The summed E-state index contributed by atoms with van der Waals surface area (Å²) in [4.78, 5) is 12.4. The van der Waals surface area contributed by atoms with E-state index in [4.69, 9.17) is 17.0 Å². The van der Waals surface area contributed by atoms with E-state index in [0.29, 0.717) is 17.0 Å². The number of ether oxygens (including phenoxy) is 1. The molecule has 6 nitrogen and oxygen atoms in total. The monoisotopic (exact) mass is 490 g/mol. The van der Waals surface area contributed by atoms with Gasteiger partial charge in [-0.25, -0.2) is 8.42 Å². The van der Waals surface area contributed by atoms with Gasteiger partial charge < -0.3 is 10.1 Å². The molecule has 2 N–H and O–H groups in total. The summed E-state index contributed by atoms with van der Waals surface area (Å²) in [7, 11) is -1.69. The van der Waals surface area contributed by atoms with Gasteiger partial charge in [0.1, 0.15) is 5.75 Å². The molecule has 0 aliphatic heterocycles. The van der Waals surface area contributed by atoms with Gasteiger partial charge in [-0.1, -0.05) is 0 Å². The van der Waals surface area contributed by atoms with Gasteiger partial charge in [-0.15, -0.1) is 0 Å². The van der Waals surface area contributed by atoms with Crippen LogP contribution in [-0.2, 0) is 9.84 Å². The number of anilines is 1. The van der Waals surface area contributed by atoms with Crippen molar-refractivity contribution in [2.75, 3.05) is 18.7 Å². The maximum absolute atomic E-state index is 12.2. The highest BCUT2D eigenvalue weighted by molar-refractivity contribution is 14.1. The summed E-state index contributed by atoms with van der Waals surface area (Å²) in [5.41, 5.74) is 1.02. The first-order valence-electron chi connectivity index (χ1n) is 6.96. The zero-order chi connectivity index (χ0) is 18.6. The molecule has 0 aliphatic rings. The zero-order valence-electron chi connectivity index (χ0n) is 13.4. The Bertz CT molecular complexity index is 912. The summed E-state index contributed by atoms with van der Waals surface area (Å²) < 4.78 is 28.8. The number of benzene rings is 2. The number of amides is 1. The number of methoxy groups -OCH3 is 1. The second-order valence-corrected chi connectivity index (χ2v) is 8.64. The summed E-state index contributed by atoms with van der Waals surface area (Å²) in [6.07, 6.45) is 1.14. The van der Waals surface area contributed by atoms with Crippen LogP contribution in [0.1, 0.15) is 10.4 Å². The maximum Gasteiger partial charge on any atom is 0.257 e. The number of rotatable bonds is 4. The van der Waals surface area contributed by atoms with E-state index in [9.17, 15) is 13.2 Å². The summed E-state index contributed by atoms with van der Waals surface area (Å²) in [6, 6.07) is 11.1. The molecule has 0 atom stereocenters. The fourth-order valence-corrected chi connectivity index (χ4v) is 3.51. The van der Waals surface area contributed by atoms with Gasteiger partial charge in [0.05, 0.1) is 15.6 Å². The van der Waals surface area contributed by atoms with Crippen LogP contribution < -0.4 is 15.4 Å². The summed E-state index contributed by atoms with van der Waals surface area (Å²) >= 11 is 7.19. The molecule has 2 aromatic rings. The SMILES string of the molecule is COc1ccc(C(=O)NC(=S)Nc2ccc(S(C)(=O)=O)cc2)cc1I. The maximum atomic E-state index is 12.2. The average molecular weight is 490 g/mol. The van der Waals surface area contributed by atoms with Crippen LogP contribution in [0.25, 0.3) is 0 Å². The average Bonchev–Trinajstić information content (AvgIpc) is 2.54. The Balaban J connectivity index is 2.02. The number of sulfone groups is 1. The molecule has 0 aromatic heterocycles. The number of halogens is 1. The van der Waals surface area contributed by atoms with Crippen LogP contribution in [-0.4, -0.2) is 32.8 Å². The highest BCUT2D eigenvalue weighted by Gasteiger charge is 2.11. The highest BCUT2D eigenvalue weighted by Crippen LogP contribution is 2.21. The van der Waals surface area contributed by atoms with E-state index in [0.717, 1.165) is 9.83 Å². The van der Waals surface area contributed by atoms with Crippen molar-refractivity contribution < 1.29 is 17.9 Å². The van der Waals surface area contributed by atoms with Crippen LogP contribution in [0.4, 0.5) is 5.69 Å². The molecular formula is C16H15IN2O4S2. The third-order valence-corrected chi connectivity index (χ3v) is 5.36. The quantitative estimate of drug-likeness (QED) is 0.507. The lowest BCUT2D eigenvalue weighted by Crippen LogP contribution is -2.34. The van der Waals surface area contributed by atoms with Crippen LogP contribution in [0.3, 0.4) is 0 Å². The molecule has 2 rings (SSSR count). The van der Waals surface area contributed by atoms with Crippen molar-refractivity contribution in [1.82, 2.24) is 5.32 Å². The summed E-state index contributed by atoms with van der Waals surface area (Å²) in [5, 5.41) is 5.52. The second-order valence-electron chi connectivity index (χ2n) is 5.05. The lowest BCUT2D eigenvalue weighted by atomic mass is 10.2. The van der Waals surface area contributed by atoms with E-state index in [-0.39, 0.29) is 15.9 Å². The van der Waals surface area contributed by atoms with Gasteiger partial charge in [-0.2, -0.15) is 0 Å². The molecule has 0 radical (unpaired) electrons.